The van der Waals surface area contributed by atoms with E-state index < -0.39 is 27.4 Å². The molecule has 0 radical (unpaired) electrons. The summed E-state index contributed by atoms with van der Waals surface area (Å²) in [6, 6.07) is 6.28. The summed E-state index contributed by atoms with van der Waals surface area (Å²) in [5.41, 5.74) is -0.119. The standard InChI is InChI=1S/C17H13ClF3N3O3/c1-9(25)23-5-4-10-6-11(2-3-15(10)23)22-14-8-13(18)12(17(19,20)21)7-16(14)24(26)27/h2-3,6-8,22H,4-5H2,1H3. The molecule has 142 valence electrons. The zero-order valence-electron chi connectivity index (χ0n) is 13.9. The highest BCUT2D eigenvalue weighted by Crippen LogP contribution is 2.41. The van der Waals surface area contributed by atoms with E-state index in [-0.39, 0.29) is 11.6 Å². The SMILES string of the molecule is CC(=O)N1CCc2cc(Nc3cc(Cl)c(C(F)(F)F)cc3[N+](=O)[O-])ccc21. The molecule has 0 spiro atoms. The Balaban J connectivity index is 1.98. The fraction of sp³-hybridized carbons (Fsp3) is 0.235. The number of halogens is 4. The first kappa shape index (κ1) is 19.0. The molecule has 10 heteroatoms. The Hall–Kier alpha value is -2.81. The van der Waals surface area contributed by atoms with Gasteiger partial charge in [0.2, 0.25) is 5.91 Å². The largest absolute Gasteiger partial charge is 0.418 e. The molecule has 0 atom stereocenters. The number of nitro benzene ring substituents is 1. The highest BCUT2D eigenvalue weighted by atomic mass is 35.5. The van der Waals surface area contributed by atoms with Gasteiger partial charge in [-0.05, 0) is 36.2 Å². The van der Waals surface area contributed by atoms with Gasteiger partial charge >= 0.3 is 6.18 Å². The molecule has 27 heavy (non-hydrogen) atoms. The Bertz CT molecular complexity index is 947. The number of rotatable bonds is 3. The minimum Gasteiger partial charge on any atom is -0.350 e. The monoisotopic (exact) mass is 399 g/mol. The van der Waals surface area contributed by atoms with E-state index in [1.807, 2.05) is 0 Å². The molecule has 0 fully saturated rings. The van der Waals surface area contributed by atoms with Crippen molar-refractivity contribution in [1.82, 2.24) is 0 Å². The number of hydrogen-bond acceptors (Lipinski definition) is 4. The summed E-state index contributed by atoms with van der Waals surface area (Å²) in [7, 11) is 0. The Morgan fingerprint density at radius 1 is 1.30 bits per heavy atom. The van der Waals surface area contributed by atoms with E-state index in [2.05, 4.69) is 5.32 Å². The number of nitro groups is 1. The minimum atomic E-state index is -4.80. The van der Waals surface area contributed by atoms with Crippen LogP contribution in [0.4, 0.5) is 35.9 Å². The van der Waals surface area contributed by atoms with Gasteiger partial charge in [-0.15, -0.1) is 0 Å². The second-order valence-corrected chi connectivity index (χ2v) is 6.40. The van der Waals surface area contributed by atoms with Gasteiger partial charge in [-0.25, -0.2) is 0 Å². The topological polar surface area (TPSA) is 75.5 Å². The van der Waals surface area contributed by atoms with Crippen LogP contribution in [0, 0.1) is 10.1 Å². The number of hydrogen-bond donors (Lipinski definition) is 1. The van der Waals surface area contributed by atoms with Gasteiger partial charge in [0.15, 0.2) is 0 Å². The van der Waals surface area contributed by atoms with Gasteiger partial charge in [0.05, 0.1) is 15.5 Å². The van der Waals surface area contributed by atoms with Crippen LogP contribution in [0.2, 0.25) is 5.02 Å². The van der Waals surface area contributed by atoms with E-state index in [9.17, 15) is 28.1 Å². The third kappa shape index (κ3) is 3.68. The number of amides is 1. The van der Waals surface area contributed by atoms with Crippen molar-refractivity contribution in [2.24, 2.45) is 0 Å². The predicted octanol–water partition coefficient (Wildman–Crippen LogP) is 4.92. The molecule has 1 aliphatic rings. The number of benzene rings is 2. The van der Waals surface area contributed by atoms with Gasteiger partial charge in [-0.1, -0.05) is 11.6 Å². The fourth-order valence-corrected chi connectivity index (χ4v) is 3.26. The summed E-state index contributed by atoms with van der Waals surface area (Å²) < 4.78 is 38.8. The van der Waals surface area contributed by atoms with Gasteiger partial charge in [0.25, 0.3) is 5.69 Å². The average molecular weight is 400 g/mol. The lowest BCUT2D eigenvalue weighted by atomic mass is 10.1. The molecule has 6 nitrogen and oxygen atoms in total. The Morgan fingerprint density at radius 2 is 2.00 bits per heavy atom. The van der Waals surface area contributed by atoms with Crippen molar-refractivity contribution in [1.29, 1.82) is 0 Å². The highest BCUT2D eigenvalue weighted by molar-refractivity contribution is 6.32. The summed E-state index contributed by atoms with van der Waals surface area (Å²) in [4.78, 5) is 23.5. The summed E-state index contributed by atoms with van der Waals surface area (Å²) >= 11 is 5.68. The van der Waals surface area contributed by atoms with E-state index in [0.29, 0.717) is 24.7 Å². The quantitative estimate of drug-likeness (QED) is 0.587. The summed E-state index contributed by atoms with van der Waals surface area (Å²) in [5, 5.41) is 13.3. The number of anilines is 3. The number of fused-ring (bicyclic) bond motifs is 1. The summed E-state index contributed by atoms with van der Waals surface area (Å²) in [6.45, 7) is 1.98. The van der Waals surface area contributed by atoms with Crippen LogP contribution >= 0.6 is 11.6 Å². The first-order chi connectivity index (χ1) is 12.6. The van der Waals surface area contributed by atoms with Crippen LogP contribution in [0.15, 0.2) is 30.3 Å². The Kier molecular flexibility index (Phi) is 4.73. The second-order valence-electron chi connectivity index (χ2n) is 5.99. The lowest BCUT2D eigenvalue weighted by Crippen LogP contribution is -2.25. The lowest BCUT2D eigenvalue weighted by molar-refractivity contribution is -0.384. The molecule has 0 saturated heterocycles. The number of nitrogens with zero attached hydrogens (tertiary/aromatic N) is 2. The smallest absolute Gasteiger partial charge is 0.350 e. The molecule has 2 aromatic carbocycles. The van der Waals surface area contributed by atoms with Crippen LogP contribution in [-0.2, 0) is 17.4 Å². The molecule has 0 bridgehead atoms. The molecule has 0 aromatic heterocycles. The normalized spacial score (nSPS) is 13.4. The number of carbonyl (C=O) groups is 1. The molecule has 0 aliphatic carbocycles. The zero-order valence-corrected chi connectivity index (χ0v) is 14.7. The first-order valence-electron chi connectivity index (χ1n) is 7.81. The van der Waals surface area contributed by atoms with Crippen molar-refractivity contribution in [3.8, 4) is 0 Å². The van der Waals surface area contributed by atoms with E-state index in [1.165, 1.54) is 6.92 Å². The molecular formula is C17H13ClF3N3O3. The number of carbonyl (C=O) groups excluding carboxylic acids is 1. The van der Waals surface area contributed by atoms with Crippen LogP contribution in [0.1, 0.15) is 18.1 Å². The zero-order chi connectivity index (χ0) is 19.9. The molecular weight excluding hydrogens is 387 g/mol. The van der Waals surface area contributed by atoms with E-state index in [4.69, 9.17) is 11.6 Å². The highest BCUT2D eigenvalue weighted by Gasteiger charge is 2.36. The van der Waals surface area contributed by atoms with E-state index in [1.54, 1.807) is 23.1 Å². The van der Waals surface area contributed by atoms with E-state index in [0.717, 1.165) is 17.3 Å². The first-order valence-corrected chi connectivity index (χ1v) is 8.19. The van der Waals surface area contributed by atoms with Gasteiger partial charge in [-0.2, -0.15) is 13.2 Å². The van der Waals surface area contributed by atoms with Gasteiger partial charge in [0.1, 0.15) is 5.69 Å². The van der Waals surface area contributed by atoms with E-state index >= 15 is 0 Å². The van der Waals surface area contributed by atoms with Crippen LogP contribution in [0.5, 0.6) is 0 Å². The van der Waals surface area contributed by atoms with Gasteiger partial charge in [-0.3, -0.25) is 14.9 Å². The lowest BCUT2D eigenvalue weighted by Gasteiger charge is -2.16. The molecule has 1 N–H and O–H groups in total. The third-order valence-corrected chi connectivity index (χ3v) is 4.53. The van der Waals surface area contributed by atoms with Crippen molar-refractivity contribution in [2.45, 2.75) is 19.5 Å². The molecule has 0 unspecified atom stereocenters. The summed E-state index contributed by atoms with van der Waals surface area (Å²) in [5.74, 6) is -0.0976. The predicted molar refractivity (Wildman–Crippen MR) is 94.6 cm³/mol. The minimum absolute atomic E-state index is 0.0976. The Labute approximate surface area is 156 Å². The van der Waals surface area contributed by atoms with Gasteiger partial charge < -0.3 is 10.2 Å². The van der Waals surface area contributed by atoms with Crippen molar-refractivity contribution in [3.05, 3.63) is 56.6 Å². The fourth-order valence-electron chi connectivity index (χ4n) is 2.99. The maximum atomic E-state index is 12.9. The second kappa shape index (κ2) is 6.73. The van der Waals surface area contributed by atoms with Crippen molar-refractivity contribution in [3.63, 3.8) is 0 Å². The maximum Gasteiger partial charge on any atom is 0.418 e. The average Bonchev–Trinajstić information content (AvgIpc) is 2.96. The number of nitrogens with one attached hydrogen (secondary N) is 1. The van der Waals surface area contributed by atoms with Gasteiger partial charge in [0, 0.05) is 30.9 Å². The van der Waals surface area contributed by atoms with Crippen molar-refractivity contribution >= 4 is 40.3 Å². The molecule has 1 heterocycles. The van der Waals surface area contributed by atoms with Crippen LogP contribution < -0.4 is 10.2 Å². The van der Waals surface area contributed by atoms with Crippen LogP contribution in [-0.4, -0.2) is 17.4 Å². The Morgan fingerprint density at radius 3 is 2.59 bits per heavy atom. The number of alkyl halides is 3. The molecule has 0 saturated carbocycles. The summed E-state index contributed by atoms with van der Waals surface area (Å²) in [6.07, 6.45) is -4.19. The third-order valence-electron chi connectivity index (χ3n) is 4.22. The molecule has 1 aliphatic heterocycles. The maximum absolute atomic E-state index is 12.9. The molecule has 3 rings (SSSR count). The molecule has 1 amide bonds. The van der Waals surface area contributed by atoms with Crippen LogP contribution in [0.25, 0.3) is 0 Å². The van der Waals surface area contributed by atoms with Crippen molar-refractivity contribution in [2.75, 3.05) is 16.8 Å². The molecule has 2 aromatic rings. The van der Waals surface area contributed by atoms with Crippen molar-refractivity contribution < 1.29 is 22.9 Å². The van der Waals surface area contributed by atoms with Crippen LogP contribution in [0.3, 0.4) is 0 Å².